The summed E-state index contributed by atoms with van der Waals surface area (Å²) >= 11 is 5.43. The summed E-state index contributed by atoms with van der Waals surface area (Å²) in [6, 6.07) is 4.04. The lowest BCUT2D eigenvalue weighted by molar-refractivity contribution is -0.122. The van der Waals surface area contributed by atoms with Gasteiger partial charge >= 0.3 is 12.5 Å². The van der Waals surface area contributed by atoms with Gasteiger partial charge in [-0.25, -0.2) is 4.79 Å². The van der Waals surface area contributed by atoms with Crippen molar-refractivity contribution in [1.82, 2.24) is 0 Å². The quantitative estimate of drug-likeness (QED) is 0.416. The number of carbonyl (C=O) groups excluding carboxylic acids is 1. The lowest BCUT2D eigenvalue weighted by Gasteiger charge is -2.21. The van der Waals surface area contributed by atoms with Crippen LogP contribution >= 0.6 is 11.6 Å². The Kier molecular flexibility index (Phi) is 3.18. The van der Waals surface area contributed by atoms with E-state index >= 15 is 0 Å². The van der Waals surface area contributed by atoms with Gasteiger partial charge in [0.2, 0.25) is 0 Å². The summed E-state index contributed by atoms with van der Waals surface area (Å²) in [6.07, 6.45) is -7.69. The molecule has 0 heterocycles. The largest absolute Gasteiger partial charge is 0.493 e. The number of anilines is 1. The van der Waals surface area contributed by atoms with Crippen LogP contribution in [0.5, 0.6) is 0 Å². The summed E-state index contributed by atoms with van der Waals surface area (Å²) in [4.78, 5) is 9.27. The van der Waals surface area contributed by atoms with E-state index in [4.69, 9.17) is 11.6 Å². The first-order chi connectivity index (χ1) is 6.82. The van der Waals surface area contributed by atoms with Crippen LogP contribution in [0.4, 0.5) is 28.0 Å². The Morgan fingerprint density at radius 3 is 2.00 bits per heavy atom. The Labute approximate surface area is 87.0 Å². The molecular formula is C8H4ClF4NO. The summed E-state index contributed by atoms with van der Waals surface area (Å²) in [5.41, 5.74) is -0.626. The van der Waals surface area contributed by atoms with Gasteiger partial charge in [-0.05, 0) is 24.3 Å². The number of benzene rings is 1. The van der Waals surface area contributed by atoms with Crippen molar-refractivity contribution < 1.29 is 22.4 Å². The van der Waals surface area contributed by atoms with E-state index in [1.54, 1.807) is 0 Å². The molecule has 0 saturated carbocycles. The summed E-state index contributed by atoms with van der Waals surface area (Å²) in [5.74, 6) is 0. The molecule has 0 aliphatic heterocycles. The van der Waals surface area contributed by atoms with Crippen molar-refractivity contribution in [3.8, 4) is 0 Å². The molecule has 1 amide bonds. The van der Waals surface area contributed by atoms with Gasteiger partial charge in [-0.3, -0.25) is 0 Å². The molecule has 1 aromatic carbocycles. The van der Waals surface area contributed by atoms with E-state index in [-0.39, 0.29) is 5.02 Å². The van der Waals surface area contributed by atoms with Crippen molar-refractivity contribution in [3.63, 3.8) is 0 Å². The molecule has 0 fully saturated rings. The molecule has 0 radical (unpaired) electrons. The Morgan fingerprint density at radius 1 is 1.20 bits per heavy atom. The third-order valence-corrected chi connectivity index (χ3v) is 1.77. The fourth-order valence-corrected chi connectivity index (χ4v) is 1.06. The highest BCUT2D eigenvalue weighted by Crippen LogP contribution is 2.29. The molecule has 0 aromatic heterocycles. The smallest absolute Gasteiger partial charge is 0.233 e. The van der Waals surface area contributed by atoms with Gasteiger partial charge in [0.1, 0.15) is 0 Å². The van der Waals surface area contributed by atoms with Crippen LogP contribution in [0.15, 0.2) is 24.3 Å². The second-order valence-electron chi connectivity index (χ2n) is 2.53. The van der Waals surface area contributed by atoms with Crippen molar-refractivity contribution in [3.05, 3.63) is 29.3 Å². The summed E-state index contributed by atoms with van der Waals surface area (Å²) in [6.45, 7) is 0. The lowest BCUT2D eigenvalue weighted by Crippen LogP contribution is -2.40. The SMILES string of the molecule is O=C(F)N(c1ccc(Cl)cc1)C(F)(F)F. The normalized spacial score (nSPS) is 11.3. The fourth-order valence-electron chi connectivity index (χ4n) is 0.938. The summed E-state index contributed by atoms with van der Waals surface area (Å²) in [5, 5.41) is 0.187. The highest BCUT2D eigenvalue weighted by molar-refractivity contribution is 6.30. The van der Waals surface area contributed by atoms with Crippen LogP contribution < -0.4 is 4.90 Å². The standard InChI is InChI=1S/C8H4ClF4NO/c9-5-1-3-6(4-2-5)14(7(10)15)8(11,12)13/h1-4H. The Bertz CT molecular complexity index is 362. The molecule has 0 saturated heterocycles. The molecular weight excluding hydrogens is 238 g/mol. The van der Waals surface area contributed by atoms with E-state index in [9.17, 15) is 22.4 Å². The van der Waals surface area contributed by atoms with Crippen molar-refractivity contribution in [2.45, 2.75) is 6.30 Å². The molecule has 1 rings (SSSR count). The fraction of sp³-hybridized carbons (Fsp3) is 0.125. The number of nitrogens with zero attached hydrogens (tertiary/aromatic N) is 1. The average molecular weight is 242 g/mol. The zero-order valence-corrected chi connectivity index (χ0v) is 7.81. The maximum absolute atomic E-state index is 12.2. The van der Waals surface area contributed by atoms with Gasteiger partial charge in [0.15, 0.2) is 0 Å². The van der Waals surface area contributed by atoms with E-state index in [0.29, 0.717) is 0 Å². The monoisotopic (exact) mass is 241 g/mol. The first-order valence-corrected chi connectivity index (χ1v) is 4.02. The minimum Gasteiger partial charge on any atom is -0.233 e. The molecule has 0 bridgehead atoms. The Balaban J connectivity index is 3.11. The van der Waals surface area contributed by atoms with Gasteiger partial charge in [-0.1, -0.05) is 11.6 Å². The molecule has 0 unspecified atom stereocenters. The number of hydrogen-bond acceptors (Lipinski definition) is 1. The van der Waals surface area contributed by atoms with Crippen LogP contribution in [-0.4, -0.2) is 12.5 Å². The maximum atomic E-state index is 12.2. The molecule has 7 heteroatoms. The van der Waals surface area contributed by atoms with Gasteiger partial charge in [0.25, 0.3) is 0 Å². The summed E-state index contributed by atoms with van der Waals surface area (Å²) < 4.78 is 48.7. The molecule has 82 valence electrons. The van der Waals surface area contributed by atoms with E-state index in [2.05, 4.69) is 0 Å². The predicted molar refractivity (Wildman–Crippen MR) is 46.5 cm³/mol. The topological polar surface area (TPSA) is 20.3 Å². The first-order valence-electron chi connectivity index (χ1n) is 3.64. The average Bonchev–Trinajstić information content (AvgIpc) is 2.05. The van der Waals surface area contributed by atoms with E-state index in [0.717, 1.165) is 24.3 Å². The predicted octanol–water partition coefficient (Wildman–Crippen LogP) is 3.76. The van der Waals surface area contributed by atoms with E-state index < -0.39 is 23.0 Å². The van der Waals surface area contributed by atoms with Crippen molar-refractivity contribution in [2.75, 3.05) is 4.90 Å². The second-order valence-corrected chi connectivity index (χ2v) is 2.97. The Hall–Kier alpha value is -1.30. The van der Waals surface area contributed by atoms with Crippen LogP contribution in [0.2, 0.25) is 5.02 Å². The van der Waals surface area contributed by atoms with Crippen molar-refractivity contribution in [2.24, 2.45) is 0 Å². The number of rotatable bonds is 1. The van der Waals surface area contributed by atoms with Crippen LogP contribution in [-0.2, 0) is 0 Å². The molecule has 15 heavy (non-hydrogen) atoms. The summed E-state index contributed by atoms with van der Waals surface area (Å²) in [7, 11) is 0. The molecule has 0 aliphatic rings. The van der Waals surface area contributed by atoms with Gasteiger partial charge in [0.05, 0.1) is 5.69 Å². The number of hydrogen-bond donors (Lipinski definition) is 0. The number of halogens is 5. The third kappa shape index (κ3) is 2.82. The van der Waals surface area contributed by atoms with E-state index in [1.165, 1.54) is 0 Å². The molecule has 0 N–H and O–H groups in total. The minimum atomic E-state index is -5.10. The molecule has 0 atom stereocenters. The molecule has 1 aromatic rings. The third-order valence-electron chi connectivity index (χ3n) is 1.51. The zero-order valence-electron chi connectivity index (χ0n) is 7.05. The van der Waals surface area contributed by atoms with Crippen LogP contribution in [0, 0.1) is 0 Å². The van der Waals surface area contributed by atoms with Crippen LogP contribution in [0.25, 0.3) is 0 Å². The second kappa shape index (κ2) is 4.06. The Morgan fingerprint density at radius 2 is 1.67 bits per heavy atom. The van der Waals surface area contributed by atoms with Crippen molar-refractivity contribution >= 4 is 23.4 Å². The van der Waals surface area contributed by atoms with Gasteiger partial charge in [-0.2, -0.15) is 4.90 Å². The van der Waals surface area contributed by atoms with Gasteiger partial charge in [-0.15, -0.1) is 17.6 Å². The minimum absolute atomic E-state index is 0.187. The van der Waals surface area contributed by atoms with Crippen molar-refractivity contribution in [1.29, 1.82) is 0 Å². The van der Waals surface area contributed by atoms with Crippen LogP contribution in [0.3, 0.4) is 0 Å². The number of alkyl halides is 3. The van der Waals surface area contributed by atoms with Gasteiger partial charge < -0.3 is 0 Å². The first kappa shape index (κ1) is 11.8. The number of carbonyl (C=O) groups is 1. The molecule has 2 nitrogen and oxygen atoms in total. The zero-order chi connectivity index (χ0) is 11.6. The van der Waals surface area contributed by atoms with Crippen LogP contribution in [0.1, 0.15) is 0 Å². The highest BCUT2D eigenvalue weighted by atomic mass is 35.5. The highest BCUT2D eigenvalue weighted by Gasteiger charge is 2.42. The number of amides is 1. The van der Waals surface area contributed by atoms with E-state index in [1.807, 2.05) is 0 Å². The van der Waals surface area contributed by atoms with Gasteiger partial charge in [0, 0.05) is 5.02 Å². The maximum Gasteiger partial charge on any atom is 0.493 e. The lowest BCUT2D eigenvalue weighted by atomic mass is 10.3. The molecule has 0 aliphatic carbocycles. The molecule has 0 spiro atoms.